The van der Waals surface area contributed by atoms with Crippen molar-refractivity contribution in [1.82, 2.24) is 5.32 Å². The summed E-state index contributed by atoms with van der Waals surface area (Å²) < 4.78 is 5.46. The van der Waals surface area contributed by atoms with Crippen molar-refractivity contribution in [3.63, 3.8) is 0 Å². The lowest BCUT2D eigenvalue weighted by Gasteiger charge is -2.52. The van der Waals surface area contributed by atoms with Crippen LogP contribution in [-0.4, -0.2) is 31.3 Å². The summed E-state index contributed by atoms with van der Waals surface area (Å²) >= 11 is 0. The third-order valence-electron chi connectivity index (χ3n) is 4.76. The smallest absolute Gasteiger partial charge is 0.0652 e. The first-order valence-corrected chi connectivity index (χ1v) is 6.53. The molecule has 94 valence electrons. The summed E-state index contributed by atoms with van der Waals surface area (Å²) in [5, 5.41) is 3.65. The molecule has 16 heavy (non-hydrogen) atoms. The molecule has 2 atom stereocenters. The number of hydrogen-bond donors (Lipinski definition) is 2. The molecule has 0 amide bonds. The summed E-state index contributed by atoms with van der Waals surface area (Å²) in [6.45, 7) is 5.53. The van der Waals surface area contributed by atoms with Gasteiger partial charge in [0, 0.05) is 30.7 Å². The third kappa shape index (κ3) is 2.13. The molecule has 0 heterocycles. The molecule has 0 spiro atoms. The van der Waals surface area contributed by atoms with E-state index in [1.165, 1.54) is 25.7 Å². The highest BCUT2D eigenvalue weighted by Crippen LogP contribution is 2.42. The quantitative estimate of drug-likeness (QED) is 0.766. The van der Waals surface area contributed by atoms with Crippen LogP contribution in [0.15, 0.2) is 0 Å². The summed E-state index contributed by atoms with van der Waals surface area (Å²) in [7, 11) is 1.81. The Balaban J connectivity index is 1.79. The predicted molar refractivity (Wildman–Crippen MR) is 66.4 cm³/mol. The van der Waals surface area contributed by atoms with Crippen LogP contribution in [0, 0.1) is 5.41 Å². The zero-order chi connectivity index (χ0) is 11.8. The van der Waals surface area contributed by atoms with Gasteiger partial charge in [0.1, 0.15) is 0 Å². The Bertz CT molecular complexity index is 246. The minimum absolute atomic E-state index is 0.0637. The highest BCUT2D eigenvalue weighted by molar-refractivity contribution is 5.04. The molecule has 2 fully saturated rings. The molecule has 2 aliphatic rings. The summed E-state index contributed by atoms with van der Waals surface area (Å²) in [4.78, 5) is 0. The largest absolute Gasteiger partial charge is 0.381 e. The lowest BCUT2D eigenvalue weighted by atomic mass is 9.64. The Hall–Kier alpha value is -0.120. The molecule has 0 radical (unpaired) electrons. The topological polar surface area (TPSA) is 47.3 Å². The van der Waals surface area contributed by atoms with E-state index in [0.29, 0.717) is 12.1 Å². The van der Waals surface area contributed by atoms with E-state index in [1.54, 1.807) is 0 Å². The molecule has 0 aromatic heterocycles. The van der Waals surface area contributed by atoms with E-state index in [2.05, 4.69) is 19.2 Å². The molecule has 0 aromatic rings. The van der Waals surface area contributed by atoms with Crippen LogP contribution in [0.25, 0.3) is 0 Å². The summed E-state index contributed by atoms with van der Waals surface area (Å²) in [6, 6.07) is 0.568. The fourth-order valence-corrected chi connectivity index (χ4v) is 3.21. The standard InChI is InChI=1S/C13H26N2O/c1-12(2)10(8-11(12)16-3)15-9-13(14)6-4-5-7-13/h10-11,15H,4-9,14H2,1-3H3. The first kappa shape index (κ1) is 12.3. The SMILES string of the molecule is COC1CC(NCC2(N)CCCC2)C1(C)C. The van der Waals surface area contributed by atoms with Crippen LogP contribution >= 0.6 is 0 Å². The molecule has 0 aromatic carbocycles. The lowest BCUT2D eigenvalue weighted by Crippen LogP contribution is -2.63. The Kier molecular flexibility index (Phi) is 3.30. The first-order chi connectivity index (χ1) is 7.48. The fraction of sp³-hybridized carbons (Fsp3) is 1.00. The second-order valence-corrected chi connectivity index (χ2v) is 6.28. The maximum atomic E-state index is 6.35. The van der Waals surface area contributed by atoms with E-state index in [-0.39, 0.29) is 11.0 Å². The molecule has 2 saturated carbocycles. The molecule has 3 N–H and O–H groups in total. The molecule has 2 rings (SSSR count). The van der Waals surface area contributed by atoms with Crippen LogP contribution in [0.1, 0.15) is 46.0 Å². The average Bonchev–Trinajstić information content (AvgIpc) is 2.64. The molecule has 2 unspecified atom stereocenters. The van der Waals surface area contributed by atoms with Crippen molar-refractivity contribution in [2.24, 2.45) is 11.1 Å². The van der Waals surface area contributed by atoms with Gasteiger partial charge in [-0.25, -0.2) is 0 Å². The van der Waals surface area contributed by atoms with Gasteiger partial charge < -0.3 is 15.8 Å². The number of hydrogen-bond acceptors (Lipinski definition) is 3. The van der Waals surface area contributed by atoms with Gasteiger partial charge in [-0.3, -0.25) is 0 Å². The van der Waals surface area contributed by atoms with Crippen LogP contribution < -0.4 is 11.1 Å². The molecular formula is C13H26N2O. The van der Waals surface area contributed by atoms with Gasteiger partial charge in [0.2, 0.25) is 0 Å². The molecule has 2 aliphatic carbocycles. The van der Waals surface area contributed by atoms with Crippen molar-refractivity contribution >= 4 is 0 Å². The van der Waals surface area contributed by atoms with Crippen molar-refractivity contribution in [2.45, 2.75) is 63.6 Å². The van der Waals surface area contributed by atoms with Crippen molar-refractivity contribution in [3.8, 4) is 0 Å². The molecule has 3 heteroatoms. The maximum Gasteiger partial charge on any atom is 0.0652 e. The number of methoxy groups -OCH3 is 1. The van der Waals surface area contributed by atoms with Crippen molar-refractivity contribution in [3.05, 3.63) is 0 Å². The van der Waals surface area contributed by atoms with Crippen LogP contribution in [0.5, 0.6) is 0 Å². The Morgan fingerprint density at radius 3 is 2.44 bits per heavy atom. The number of rotatable bonds is 4. The maximum absolute atomic E-state index is 6.35. The van der Waals surface area contributed by atoms with Gasteiger partial charge in [0.15, 0.2) is 0 Å². The summed E-state index contributed by atoms with van der Waals surface area (Å²) in [5.41, 5.74) is 6.67. The van der Waals surface area contributed by atoms with E-state index in [9.17, 15) is 0 Å². The van der Waals surface area contributed by atoms with Gasteiger partial charge in [-0.15, -0.1) is 0 Å². The highest BCUT2D eigenvalue weighted by Gasteiger charge is 2.48. The second kappa shape index (κ2) is 4.28. The average molecular weight is 226 g/mol. The van der Waals surface area contributed by atoms with E-state index in [0.717, 1.165) is 13.0 Å². The van der Waals surface area contributed by atoms with Crippen molar-refractivity contribution in [1.29, 1.82) is 0 Å². The minimum atomic E-state index is 0.0637. The zero-order valence-corrected chi connectivity index (χ0v) is 10.9. The van der Waals surface area contributed by atoms with Crippen molar-refractivity contribution in [2.75, 3.05) is 13.7 Å². The molecular weight excluding hydrogens is 200 g/mol. The van der Waals surface area contributed by atoms with Crippen LogP contribution in [0.2, 0.25) is 0 Å². The predicted octanol–water partition coefficient (Wildman–Crippen LogP) is 1.66. The van der Waals surface area contributed by atoms with E-state index in [1.807, 2.05) is 7.11 Å². The van der Waals surface area contributed by atoms with Gasteiger partial charge in [-0.1, -0.05) is 26.7 Å². The van der Waals surface area contributed by atoms with Crippen LogP contribution in [0.4, 0.5) is 0 Å². The van der Waals surface area contributed by atoms with Crippen molar-refractivity contribution < 1.29 is 4.74 Å². The monoisotopic (exact) mass is 226 g/mol. The van der Waals surface area contributed by atoms with Crippen LogP contribution in [-0.2, 0) is 4.74 Å². The van der Waals surface area contributed by atoms with Gasteiger partial charge >= 0.3 is 0 Å². The molecule has 0 bridgehead atoms. The van der Waals surface area contributed by atoms with E-state index in [4.69, 9.17) is 10.5 Å². The highest BCUT2D eigenvalue weighted by atomic mass is 16.5. The van der Waals surface area contributed by atoms with Gasteiger partial charge in [-0.2, -0.15) is 0 Å². The Morgan fingerprint density at radius 1 is 1.31 bits per heavy atom. The fourth-order valence-electron chi connectivity index (χ4n) is 3.21. The number of nitrogens with one attached hydrogen (secondary N) is 1. The van der Waals surface area contributed by atoms with E-state index >= 15 is 0 Å². The van der Waals surface area contributed by atoms with E-state index < -0.39 is 0 Å². The minimum Gasteiger partial charge on any atom is -0.381 e. The Morgan fingerprint density at radius 2 is 1.94 bits per heavy atom. The molecule has 0 saturated heterocycles. The Labute approximate surface area is 99.1 Å². The number of ether oxygens (including phenoxy) is 1. The lowest BCUT2D eigenvalue weighted by molar-refractivity contribution is -0.0983. The summed E-state index contributed by atoms with van der Waals surface area (Å²) in [5.74, 6) is 0. The molecule has 0 aliphatic heterocycles. The zero-order valence-electron chi connectivity index (χ0n) is 10.9. The van der Waals surface area contributed by atoms with Gasteiger partial charge in [0.05, 0.1) is 6.10 Å². The van der Waals surface area contributed by atoms with Gasteiger partial charge in [-0.05, 0) is 19.3 Å². The second-order valence-electron chi connectivity index (χ2n) is 6.28. The molecule has 3 nitrogen and oxygen atoms in total. The van der Waals surface area contributed by atoms with Crippen LogP contribution in [0.3, 0.4) is 0 Å². The summed E-state index contributed by atoms with van der Waals surface area (Å²) in [6.07, 6.45) is 6.49. The van der Waals surface area contributed by atoms with Gasteiger partial charge in [0.25, 0.3) is 0 Å². The normalized spacial score (nSPS) is 36.0. The first-order valence-electron chi connectivity index (χ1n) is 6.53. The third-order valence-corrected chi connectivity index (χ3v) is 4.76. The number of nitrogens with two attached hydrogens (primary N) is 1.